The molecule has 6 nitrogen and oxygen atoms in total. The van der Waals surface area contributed by atoms with Crippen LogP contribution in [0.15, 0.2) is 194 Å². The van der Waals surface area contributed by atoms with E-state index in [1.165, 1.54) is 0 Å². The van der Waals surface area contributed by atoms with Crippen LogP contribution < -0.4 is 0 Å². The smallest absolute Gasteiger partial charge is 0.164 e. The van der Waals surface area contributed by atoms with E-state index >= 15 is 0 Å². The SMILES string of the molecule is c1ccc(-c2nc(-c3ccccc3)nc(-c3ccc(-c4cccc(-c5ccc(-c6nc(-c7ccccc7)nc(-c7ccccc7)n6)cc5)c4)cc3)n2)cc1. The lowest BCUT2D eigenvalue weighted by Crippen LogP contribution is -2.00. The van der Waals surface area contributed by atoms with E-state index in [-0.39, 0.29) is 0 Å². The van der Waals surface area contributed by atoms with E-state index in [2.05, 4.69) is 72.8 Å². The first-order valence-electron chi connectivity index (χ1n) is 17.8. The second-order valence-electron chi connectivity index (χ2n) is 12.8. The van der Waals surface area contributed by atoms with Crippen LogP contribution in [0.2, 0.25) is 0 Å². The van der Waals surface area contributed by atoms with Crippen LogP contribution in [-0.4, -0.2) is 29.9 Å². The monoisotopic (exact) mass is 692 g/mol. The number of nitrogens with zero attached hydrogens (tertiary/aromatic N) is 6. The number of hydrogen-bond donors (Lipinski definition) is 0. The first kappa shape index (κ1) is 32.5. The predicted molar refractivity (Wildman–Crippen MR) is 217 cm³/mol. The molecule has 0 aliphatic carbocycles. The molecule has 54 heavy (non-hydrogen) atoms. The molecule has 254 valence electrons. The maximum absolute atomic E-state index is 4.89. The molecule has 0 amide bonds. The first-order valence-corrected chi connectivity index (χ1v) is 17.8. The van der Waals surface area contributed by atoms with Crippen molar-refractivity contribution in [1.29, 1.82) is 0 Å². The average molecular weight is 693 g/mol. The number of rotatable bonds is 8. The Morgan fingerprint density at radius 2 is 0.370 bits per heavy atom. The van der Waals surface area contributed by atoms with Gasteiger partial charge in [-0.25, -0.2) is 29.9 Å². The Morgan fingerprint density at radius 1 is 0.167 bits per heavy atom. The zero-order valence-electron chi connectivity index (χ0n) is 29.2. The summed E-state index contributed by atoms with van der Waals surface area (Å²) in [6.45, 7) is 0. The molecule has 0 fully saturated rings. The van der Waals surface area contributed by atoms with E-state index in [4.69, 9.17) is 29.9 Å². The predicted octanol–water partition coefficient (Wildman–Crippen LogP) is 11.4. The van der Waals surface area contributed by atoms with Gasteiger partial charge in [0, 0.05) is 33.4 Å². The molecule has 2 heterocycles. The normalized spacial score (nSPS) is 11.0. The molecule has 6 heteroatoms. The summed E-state index contributed by atoms with van der Waals surface area (Å²) in [6.07, 6.45) is 0. The summed E-state index contributed by atoms with van der Waals surface area (Å²) < 4.78 is 0. The Bertz CT molecular complexity index is 2370. The first-order chi connectivity index (χ1) is 26.7. The summed E-state index contributed by atoms with van der Waals surface area (Å²) in [5, 5.41) is 0. The molecule has 0 atom stereocenters. The number of benzene rings is 7. The standard InChI is InChI=1S/C48H32N6/c1-5-14-35(15-6-1)43-49-44(36-16-7-2-8-17-36)52-47(51-43)39-28-24-33(25-29-39)41-22-13-23-42(32-41)34-26-30-40(31-27-34)48-53-45(37-18-9-3-10-19-37)50-46(54-48)38-20-11-4-12-21-38/h1-32H. The van der Waals surface area contributed by atoms with E-state index in [0.717, 1.165) is 55.6 Å². The summed E-state index contributed by atoms with van der Waals surface area (Å²) in [5.74, 6) is 3.84. The fourth-order valence-electron chi connectivity index (χ4n) is 6.38. The maximum atomic E-state index is 4.89. The second-order valence-corrected chi connectivity index (χ2v) is 12.8. The molecule has 0 aliphatic heterocycles. The molecule has 0 bridgehead atoms. The van der Waals surface area contributed by atoms with Crippen molar-refractivity contribution in [2.24, 2.45) is 0 Å². The van der Waals surface area contributed by atoms with E-state index in [9.17, 15) is 0 Å². The lowest BCUT2D eigenvalue weighted by molar-refractivity contribution is 1.07. The third kappa shape index (κ3) is 6.92. The van der Waals surface area contributed by atoms with Gasteiger partial charge in [0.25, 0.3) is 0 Å². The molecule has 0 aliphatic rings. The van der Waals surface area contributed by atoms with Crippen molar-refractivity contribution in [3.05, 3.63) is 194 Å². The van der Waals surface area contributed by atoms with Gasteiger partial charge in [0.2, 0.25) is 0 Å². The minimum absolute atomic E-state index is 0.632. The molecule has 9 rings (SSSR count). The van der Waals surface area contributed by atoms with Gasteiger partial charge in [0.05, 0.1) is 0 Å². The fourth-order valence-corrected chi connectivity index (χ4v) is 6.38. The summed E-state index contributed by atoms with van der Waals surface area (Å²) in [7, 11) is 0. The van der Waals surface area contributed by atoms with Gasteiger partial charge in [0.1, 0.15) is 0 Å². The maximum Gasteiger partial charge on any atom is 0.164 e. The van der Waals surface area contributed by atoms with Crippen molar-refractivity contribution in [3.8, 4) is 90.6 Å². The van der Waals surface area contributed by atoms with Crippen molar-refractivity contribution < 1.29 is 0 Å². The Balaban J connectivity index is 1.00. The fraction of sp³-hybridized carbons (Fsp3) is 0. The van der Waals surface area contributed by atoms with Crippen LogP contribution in [0.5, 0.6) is 0 Å². The Labute approximate surface area is 313 Å². The van der Waals surface area contributed by atoms with Gasteiger partial charge in [-0.05, 0) is 28.3 Å². The van der Waals surface area contributed by atoms with Gasteiger partial charge in [-0.1, -0.05) is 188 Å². The van der Waals surface area contributed by atoms with Crippen molar-refractivity contribution in [2.45, 2.75) is 0 Å². The van der Waals surface area contributed by atoms with Gasteiger partial charge < -0.3 is 0 Å². The molecule has 0 saturated heterocycles. The largest absolute Gasteiger partial charge is 0.208 e. The van der Waals surface area contributed by atoms with E-state index in [0.29, 0.717) is 34.9 Å². The van der Waals surface area contributed by atoms with Crippen LogP contribution in [-0.2, 0) is 0 Å². The molecular formula is C48H32N6. The van der Waals surface area contributed by atoms with Gasteiger partial charge in [-0.15, -0.1) is 0 Å². The van der Waals surface area contributed by atoms with Gasteiger partial charge in [-0.3, -0.25) is 0 Å². The Kier molecular flexibility index (Phi) is 8.81. The lowest BCUT2D eigenvalue weighted by atomic mass is 9.97. The zero-order valence-corrected chi connectivity index (χ0v) is 29.2. The molecule has 9 aromatic rings. The van der Waals surface area contributed by atoms with Crippen LogP contribution in [0.3, 0.4) is 0 Å². The highest BCUT2D eigenvalue weighted by atomic mass is 15.0. The highest BCUT2D eigenvalue weighted by Crippen LogP contribution is 2.31. The molecular weight excluding hydrogens is 661 g/mol. The van der Waals surface area contributed by atoms with E-state index in [1.807, 2.05) is 121 Å². The molecule has 2 aromatic heterocycles. The highest BCUT2D eigenvalue weighted by Gasteiger charge is 2.14. The van der Waals surface area contributed by atoms with E-state index < -0.39 is 0 Å². The van der Waals surface area contributed by atoms with Gasteiger partial charge in [-0.2, -0.15) is 0 Å². The second kappa shape index (κ2) is 14.7. The Morgan fingerprint density at radius 3 is 0.630 bits per heavy atom. The number of aromatic nitrogens is 6. The van der Waals surface area contributed by atoms with Crippen LogP contribution in [0.25, 0.3) is 90.6 Å². The van der Waals surface area contributed by atoms with Crippen molar-refractivity contribution in [2.75, 3.05) is 0 Å². The van der Waals surface area contributed by atoms with Gasteiger partial charge >= 0.3 is 0 Å². The molecule has 7 aromatic carbocycles. The molecule has 0 N–H and O–H groups in total. The zero-order chi connectivity index (χ0) is 36.1. The van der Waals surface area contributed by atoms with Crippen LogP contribution >= 0.6 is 0 Å². The average Bonchev–Trinajstić information content (AvgIpc) is 3.27. The van der Waals surface area contributed by atoms with E-state index in [1.54, 1.807) is 0 Å². The Hall–Kier alpha value is -7.44. The molecule has 0 radical (unpaired) electrons. The van der Waals surface area contributed by atoms with Crippen LogP contribution in [0.4, 0.5) is 0 Å². The highest BCUT2D eigenvalue weighted by molar-refractivity contribution is 5.76. The molecule has 0 saturated carbocycles. The molecule has 0 spiro atoms. The lowest BCUT2D eigenvalue weighted by Gasteiger charge is -2.10. The number of hydrogen-bond acceptors (Lipinski definition) is 6. The minimum Gasteiger partial charge on any atom is -0.208 e. The van der Waals surface area contributed by atoms with Crippen LogP contribution in [0, 0.1) is 0 Å². The minimum atomic E-state index is 0.632. The molecule has 0 unspecified atom stereocenters. The quantitative estimate of drug-likeness (QED) is 0.158. The third-order valence-electron chi connectivity index (χ3n) is 9.21. The summed E-state index contributed by atoms with van der Waals surface area (Å²) in [6, 6.07) is 65.5. The topological polar surface area (TPSA) is 77.3 Å². The van der Waals surface area contributed by atoms with Crippen molar-refractivity contribution in [1.82, 2.24) is 29.9 Å². The van der Waals surface area contributed by atoms with Crippen molar-refractivity contribution in [3.63, 3.8) is 0 Å². The summed E-state index contributed by atoms with van der Waals surface area (Å²) in [5.41, 5.74) is 10.1. The van der Waals surface area contributed by atoms with Crippen molar-refractivity contribution >= 4 is 0 Å². The third-order valence-corrected chi connectivity index (χ3v) is 9.21. The van der Waals surface area contributed by atoms with Gasteiger partial charge in [0.15, 0.2) is 34.9 Å². The summed E-state index contributed by atoms with van der Waals surface area (Å²) in [4.78, 5) is 29.2. The van der Waals surface area contributed by atoms with Crippen LogP contribution in [0.1, 0.15) is 0 Å². The summed E-state index contributed by atoms with van der Waals surface area (Å²) >= 11 is 0.